The fourth-order valence-corrected chi connectivity index (χ4v) is 4.59. The summed E-state index contributed by atoms with van der Waals surface area (Å²) in [6, 6.07) is 5.58. The number of hydrogen-bond donors (Lipinski definition) is 2. The molecule has 1 aromatic heterocycles. The van der Waals surface area contributed by atoms with E-state index < -0.39 is 0 Å². The number of anilines is 4. The Hall–Kier alpha value is -3.61. The quantitative estimate of drug-likeness (QED) is 0.451. The second kappa shape index (κ2) is 17.3. The van der Waals surface area contributed by atoms with Crippen molar-refractivity contribution in [2.45, 2.75) is 31.8 Å². The summed E-state index contributed by atoms with van der Waals surface area (Å²) in [5.41, 5.74) is 1.99. The van der Waals surface area contributed by atoms with Gasteiger partial charge >= 0.3 is 0 Å². The number of carbonyl (C=O) groups is 3. The van der Waals surface area contributed by atoms with E-state index in [9.17, 15) is 9.59 Å². The van der Waals surface area contributed by atoms with Gasteiger partial charge in [-0.25, -0.2) is 4.98 Å². The second-order valence-corrected chi connectivity index (χ2v) is 10.3. The highest BCUT2D eigenvalue weighted by Gasteiger charge is 2.29. The van der Waals surface area contributed by atoms with Gasteiger partial charge in [0, 0.05) is 45.3 Å². The highest BCUT2D eigenvalue weighted by molar-refractivity contribution is 5.79. The van der Waals surface area contributed by atoms with Gasteiger partial charge < -0.3 is 44.6 Å². The van der Waals surface area contributed by atoms with Gasteiger partial charge in [-0.3, -0.25) is 4.79 Å². The normalized spacial score (nSPS) is 17.7. The van der Waals surface area contributed by atoms with Crippen molar-refractivity contribution in [2.24, 2.45) is 0 Å². The maximum absolute atomic E-state index is 11.7. The summed E-state index contributed by atoms with van der Waals surface area (Å²) in [6.07, 6.45) is 6.84. The molecular formula is C29H46N8O4. The molecule has 0 amide bonds. The highest BCUT2D eigenvalue weighted by atomic mass is 16.5. The van der Waals surface area contributed by atoms with E-state index in [0.29, 0.717) is 41.9 Å². The van der Waals surface area contributed by atoms with Crippen molar-refractivity contribution in [3.63, 3.8) is 0 Å². The van der Waals surface area contributed by atoms with Crippen LogP contribution in [0.1, 0.15) is 30.1 Å². The molecule has 12 nitrogen and oxygen atoms in total. The predicted molar refractivity (Wildman–Crippen MR) is 164 cm³/mol. The first-order chi connectivity index (χ1) is 19.7. The fourth-order valence-electron chi connectivity index (χ4n) is 4.59. The number of benzene rings is 1. The minimum Gasteiger partial charge on any atom is -0.495 e. The number of rotatable bonds is 8. The molecular weight excluding hydrogens is 524 g/mol. The number of nitrogens with one attached hydrogen (secondary N) is 2. The molecule has 2 N–H and O–H groups in total. The van der Waals surface area contributed by atoms with Crippen LogP contribution in [0.25, 0.3) is 0 Å². The van der Waals surface area contributed by atoms with Gasteiger partial charge in [0.2, 0.25) is 5.95 Å². The molecule has 1 atom stereocenters. The Kier molecular flexibility index (Phi) is 14.1. The third kappa shape index (κ3) is 10.1. The monoisotopic (exact) mass is 570 g/mol. The van der Waals surface area contributed by atoms with E-state index in [1.54, 1.807) is 24.4 Å². The molecule has 226 valence electrons. The molecule has 1 aromatic carbocycles. The molecule has 41 heavy (non-hydrogen) atoms. The minimum absolute atomic E-state index is 0.281. The van der Waals surface area contributed by atoms with E-state index >= 15 is 0 Å². The summed E-state index contributed by atoms with van der Waals surface area (Å²) in [5.74, 6) is 1.59. The fraction of sp³-hybridized carbons (Fsp3) is 0.552. The van der Waals surface area contributed by atoms with Crippen molar-refractivity contribution >= 4 is 42.0 Å². The Balaban J connectivity index is 0.000000408. The van der Waals surface area contributed by atoms with Gasteiger partial charge in [0.05, 0.1) is 30.7 Å². The average Bonchev–Trinajstić information content (AvgIpc) is 2.98. The molecule has 0 spiro atoms. The Morgan fingerprint density at radius 1 is 1.05 bits per heavy atom. The Morgan fingerprint density at radius 2 is 1.73 bits per heavy atom. The van der Waals surface area contributed by atoms with Crippen molar-refractivity contribution in [3.05, 3.63) is 30.0 Å². The standard InChI is InChI=1S/C20H26N6O3.C7H16N2.C2H4O/c1-24(2)17-10-21-20(22-16-6-5-14(12-27)9-18(16)29-4)23-19(17)26-8-7-25(3)11-15(26)13-28;1-8-7-3-5-9(2)6-4-7;1-2-3/h5-6,9-10,12-13,15H,7-8,11H2,1-4H3,(H,21,22,23);7-8H,3-6H2,1-2H3;2H,1H3. The number of aldehydes is 3. The lowest BCUT2D eigenvalue weighted by atomic mass is 10.1. The number of ether oxygens (including phenoxy) is 1. The predicted octanol–water partition coefficient (Wildman–Crippen LogP) is 1.93. The zero-order chi connectivity index (χ0) is 30.4. The van der Waals surface area contributed by atoms with Crippen molar-refractivity contribution in [1.82, 2.24) is 25.1 Å². The summed E-state index contributed by atoms with van der Waals surface area (Å²) in [7, 11) is 11.6. The van der Waals surface area contributed by atoms with Crippen LogP contribution in [-0.2, 0) is 9.59 Å². The smallest absolute Gasteiger partial charge is 0.229 e. The maximum atomic E-state index is 11.7. The maximum Gasteiger partial charge on any atom is 0.229 e. The van der Waals surface area contributed by atoms with Crippen LogP contribution in [0.3, 0.4) is 0 Å². The molecule has 2 fully saturated rings. The third-order valence-electron chi connectivity index (χ3n) is 7.02. The number of piperazine rings is 1. The van der Waals surface area contributed by atoms with Crippen molar-refractivity contribution < 1.29 is 19.1 Å². The molecule has 4 rings (SSSR count). The van der Waals surface area contributed by atoms with Gasteiger partial charge in [-0.15, -0.1) is 0 Å². The van der Waals surface area contributed by atoms with Crippen molar-refractivity contribution in [3.8, 4) is 5.75 Å². The van der Waals surface area contributed by atoms with Crippen LogP contribution in [0.2, 0.25) is 0 Å². The minimum atomic E-state index is -0.281. The Labute approximate surface area is 244 Å². The largest absolute Gasteiger partial charge is 0.495 e. The van der Waals surface area contributed by atoms with Gasteiger partial charge in [-0.2, -0.15) is 4.98 Å². The molecule has 12 heteroatoms. The molecule has 0 bridgehead atoms. The molecule has 2 aliphatic rings. The number of nitrogens with zero attached hydrogens (tertiary/aromatic N) is 6. The van der Waals surface area contributed by atoms with Gasteiger partial charge in [0.25, 0.3) is 0 Å². The number of methoxy groups -OCH3 is 1. The zero-order valence-corrected chi connectivity index (χ0v) is 25.5. The lowest BCUT2D eigenvalue weighted by molar-refractivity contribution is -0.109. The Bertz CT molecular complexity index is 1110. The van der Waals surface area contributed by atoms with Crippen LogP contribution in [0.4, 0.5) is 23.1 Å². The summed E-state index contributed by atoms with van der Waals surface area (Å²) in [4.78, 5) is 49.1. The van der Waals surface area contributed by atoms with Crippen LogP contribution in [0.15, 0.2) is 24.4 Å². The molecule has 2 saturated heterocycles. The number of carbonyl (C=O) groups excluding carboxylic acids is 3. The first-order valence-electron chi connectivity index (χ1n) is 13.8. The molecule has 2 aromatic rings. The summed E-state index contributed by atoms with van der Waals surface area (Å²) < 4.78 is 5.37. The second-order valence-electron chi connectivity index (χ2n) is 10.3. The van der Waals surface area contributed by atoms with Crippen molar-refractivity contribution in [1.29, 1.82) is 0 Å². The highest BCUT2D eigenvalue weighted by Crippen LogP contribution is 2.32. The van der Waals surface area contributed by atoms with Gasteiger partial charge in [-0.1, -0.05) is 0 Å². The van der Waals surface area contributed by atoms with E-state index in [0.717, 1.165) is 37.1 Å². The van der Waals surface area contributed by atoms with E-state index in [1.807, 2.05) is 30.9 Å². The van der Waals surface area contributed by atoms with Crippen LogP contribution in [0, 0.1) is 0 Å². The molecule has 0 radical (unpaired) electrons. The van der Waals surface area contributed by atoms with Crippen LogP contribution in [0.5, 0.6) is 5.75 Å². The molecule has 3 heterocycles. The number of hydrogen-bond acceptors (Lipinski definition) is 12. The van der Waals surface area contributed by atoms with Gasteiger partial charge in [-0.05, 0) is 72.2 Å². The Morgan fingerprint density at radius 3 is 2.29 bits per heavy atom. The summed E-state index contributed by atoms with van der Waals surface area (Å²) in [6.45, 7) is 6.13. The SMILES string of the molecule is CC=O.CNC1CCN(C)CC1.COc1cc(C=O)ccc1Nc1ncc(N(C)C)c(N2CCN(C)CC2C=O)n1. The first-order valence-corrected chi connectivity index (χ1v) is 13.8. The van der Waals surface area contributed by atoms with Crippen LogP contribution >= 0.6 is 0 Å². The van der Waals surface area contributed by atoms with E-state index in [1.165, 1.54) is 40.0 Å². The van der Waals surface area contributed by atoms with E-state index in [-0.39, 0.29) is 6.04 Å². The summed E-state index contributed by atoms with van der Waals surface area (Å²) in [5, 5.41) is 6.45. The van der Waals surface area contributed by atoms with Crippen LogP contribution < -0.4 is 25.2 Å². The number of aromatic nitrogens is 2. The van der Waals surface area contributed by atoms with Gasteiger partial charge in [0.15, 0.2) is 5.82 Å². The summed E-state index contributed by atoms with van der Waals surface area (Å²) >= 11 is 0. The van der Waals surface area contributed by atoms with Crippen LogP contribution in [-0.4, -0.2) is 126 Å². The first kappa shape index (κ1) is 33.6. The van der Waals surface area contributed by atoms with Crippen molar-refractivity contribution in [2.75, 3.05) is 90.2 Å². The zero-order valence-electron chi connectivity index (χ0n) is 25.5. The lowest BCUT2D eigenvalue weighted by Gasteiger charge is -2.39. The average molecular weight is 571 g/mol. The third-order valence-corrected chi connectivity index (χ3v) is 7.02. The molecule has 2 aliphatic heterocycles. The lowest BCUT2D eigenvalue weighted by Crippen LogP contribution is -2.53. The molecule has 1 unspecified atom stereocenters. The van der Waals surface area contributed by atoms with Gasteiger partial charge in [0.1, 0.15) is 24.6 Å². The number of likely N-dealkylation sites (tertiary alicyclic amines) is 1. The topological polar surface area (TPSA) is 123 Å². The molecule has 0 saturated carbocycles. The van der Waals surface area contributed by atoms with E-state index in [4.69, 9.17) is 14.5 Å². The van der Waals surface area contributed by atoms with E-state index in [2.05, 4.69) is 39.5 Å². The molecule has 0 aliphatic carbocycles. The number of piperidine rings is 1. The number of likely N-dealkylation sites (N-methyl/N-ethyl adjacent to an activating group) is 1.